The number of benzene rings is 1. The van der Waals surface area contributed by atoms with Crippen molar-refractivity contribution in [2.75, 3.05) is 19.3 Å². The van der Waals surface area contributed by atoms with Crippen molar-refractivity contribution in [3.8, 4) is 0 Å². The Morgan fingerprint density at radius 1 is 1.17 bits per heavy atom. The second kappa shape index (κ2) is 5.64. The van der Waals surface area contributed by atoms with Crippen LogP contribution >= 0.6 is 0 Å². The van der Waals surface area contributed by atoms with E-state index in [1.807, 2.05) is 6.07 Å². The first kappa shape index (κ1) is 14.2. The van der Waals surface area contributed by atoms with Gasteiger partial charge in [0.15, 0.2) is 5.78 Å². The standard InChI is InChI=1S/C13H17NO4/c1-10(15)13(2,12(16)17-3)14(18-4)11-8-6-5-7-9-11/h5-9H,1-4H3. The fraction of sp³-hybridized carbons (Fsp3) is 0.385. The van der Waals surface area contributed by atoms with E-state index in [1.54, 1.807) is 24.3 Å². The molecule has 5 nitrogen and oxygen atoms in total. The Kier molecular flexibility index (Phi) is 4.44. The summed E-state index contributed by atoms with van der Waals surface area (Å²) in [5, 5.41) is 1.25. The van der Waals surface area contributed by atoms with Gasteiger partial charge in [0.1, 0.15) is 0 Å². The van der Waals surface area contributed by atoms with Gasteiger partial charge in [-0.2, -0.15) is 0 Å². The van der Waals surface area contributed by atoms with Crippen LogP contribution in [0.25, 0.3) is 0 Å². The van der Waals surface area contributed by atoms with Crippen molar-refractivity contribution >= 4 is 17.4 Å². The number of hydrogen-bond acceptors (Lipinski definition) is 5. The SMILES string of the molecule is COC(=O)C(C)(C(C)=O)N(OC)c1ccccc1. The van der Waals surface area contributed by atoms with Gasteiger partial charge in [-0.15, -0.1) is 0 Å². The average molecular weight is 251 g/mol. The number of methoxy groups -OCH3 is 1. The smallest absolute Gasteiger partial charge is 0.341 e. The highest BCUT2D eigenvalue weighted by atomic mass is 16.7. The lowest BCUT2D eigenvalue weighted by Gasteiger charge is -2.36. The number of hydrogen-bond donors (Lipinski definition) is 0. The number of Topliss-reactive ketones (excluding diaryl/α,β-unsaturated/α-hetero) is 1. The second-order valence-corrected chi connectivity index (χ2v) is 3.93. The van der Waals surface area contributed by atoms with Crippen LogP contribution in [-0.4, -0.2) is 31.5 Å². The molecule has 0 heterocycles. The number of ketones is 1. The number of nitrogens with zero attached hydrogens (tertiary/aromatic N) is 1. The van der Waals surface area contributed by atoms with E-state index in [2.05, 4.69) is 0 Å². The van der Waals surface area contributed by atoms with Crippen LogP contribution in [0.2, 0.25) is 0 Å². The van der Waals surface area contributed by atoms with Gasteiger partial charge in [-0.3, -0.25) is 9.63 Å². The van der Waals surface area contributed by atoms with Crippen molar-refractivity contribution in [3.63, 3.8) is 0 Å². The largest absolute Gasteiger partial charge is 0.467 e. The maximum absolute atomic E-state index is 11.9. The van der Waals surface area contributed by atoms with Crippen LogP contribution in [-0.2, 0) is 19.2 Å². The van der Waals surface area contributed by atoms with Crippen LogP contribution < -0.4 is 5.06 Å². The maximum Gasteiger partial charge on any atom is 0.341 e. The molecule has 0 spiro atoms. The number of ether oxygens (including phenoxy) is 1. The van der Waals surface area contributed by atoms with E-state index in [9.17, 15) is 9.59 Å². The first-order chi connectivity index (χ1) is 8.48. The zero-order chi connectivity index (χ0) is 13.8. The van der Waals surface area contributed by atoms with Gasteiger partial charge in [0.25, 0.3) is 0 Å². The topological polar surface area (TPSA) is 55.8 Å². The molecule has 1 aromatic rings. The van der Waals surface area contributed by atoms with Crippen molar-refractivity contribution < 1.29 is 19.2 Å². The Balaban J connectivity index is 3.27. The lowest BCUT2D eigenvalue weighted by atomic mass is 9.96. The van der Waals surface area contributed by atoms with Crippen LogP contribution in [0.4, 0.5) is 5.69 Å². The molecule has 1 aromatic carbocycles. The Hall–Kier alpha value is -1.88. The first-order valence-corrected chi connectivity index (χ1v) is 5.47. The molecule has 0 aliphatic rings. The highest BCUT2D eigenvalue weighted by Crippen LogP contribution is 2.26. The molecular weight excluding hydrogens is 234 g/mol. The third kappa shape index (κ3) is 2.36. The number of carbonyl (C=O) groups excluding carboxylic acids is 2. The molecule has 18 heavy (non-hydrogen) atoms. The monoisotopic (exact) mass is 251 g/mol. The minimum atomic E-state index is -1.51. The van der Waals surface area contributed by atoms with Gasteiger partial charge in [0.2, 0.25) is 5.54 Å². The van der Waals surface area contributed by atoms with Gasteiger partial charge < -0.3 is 4.74 Å². The normalized spacial score (nSPS) is 13.6. The van der Waals surface area contributed by atoms with Gasteiger partial charge >= 0.3 is 5.97 Å². The molecule has 1 atom stereocenters. The Bertz CT molecular complexity index is 432. The third-order valence-corrected chi connectivity index (χ3v) is 2.85. The maximum atomic E-state index is 11.9. The first-order valence-electron chi connectivity index (χ1n) is 5.47. The zero-order valence-corrected chi connectivity index (χ0v) is 11.0. The molecule has 98 valence electrons. The van der Waals surface area contributed by atoms with Crippen molar-refractivity contribution in [2.45, 2.75) is 19.4 Å². The molecule has 0 aromatic heterocycles. The van der Waals surface area contributed by atoms with Gasteiger partial charge in [-0.1, -0.05) is 18.2 Å². The lowest BCUT2D eigenvalue weighted by molar-refractivity contribution is -0.153. The average Bonchev–Trinajstić information content (AvgIpc) is 2.39. The molecule has 5 heteroatoms. The van der Waals surface area contributed by atoms with E-state index in [-0.39, 0.29) is 5.78 Å². The Morgan fingerprint density at radius 3 is 2.11 bits per heavy atom. The van der Waals surface area contributed by atoms with Crippen LogP contribution in [0.1, 0.15) is 13.8 Å². The predicted octanol–water partition coefficient (Wildman–Crippen LogP) is 1.58. The quantitative estimate of drug-likeness (QED) is 0.452. The summed E-state index contributed by atoms with van der Waals surface area (Å²) < 4.78 is 4.70. The number of anilines is 1. The summed E-state index contributed by atoms with van der Waals surface area (Å²) >= 11 is 0. The lowest BCUT2D eigenvalue weighted by Crippen LogP contribution is -2.57. The highest BCUT2D eigenvalue weighted by molar-refractivity contribution is 6.09. The van der Waals surface area contributed by atoms with Gasteiger partial charge in [0.05, 0.1) is 19.9 Å². The Morgan fingerprint density at radius 2 is 1.72 bits per heavy atom. The molecule has 0 aliphatic carbocycles. The number of rotatable bonds is 5. The summed E-state index contributed by atoms with van der Waals surface area (Å²) in [4.78, 5) is 28.9. The molecule has 0 amide bonds. The van der Waals surface area contributed by atoms with Crippen molar-refractivity contribution in [3.05, 3.63) is 30.3 Å². The van der Waals surface area contributed by atoms with E-state index in [4.69, 9.17) is 9.57 Å². The molecule has 0 fully saturated rings. The fourth-order valence-electron chi connectivity index (χ4n) is 1.68. The minimum Gasteiger partial charge on any atom is -0.467 e. The molecule has 0 N–H and O–H groups in total. The number of esters is 1. The molecular formula is C13H17NO4. The molecule has 1 unspecified atom stereocenters. The van der Waals surface area contributed by atoms with Crippen molar-refractivity contribution in [1.29, 1.82) is 0 Å². The molecule has 1 rings (SSSR count). The summed E-state index contributed by atoms with van der Waals surface area (Å²) in [5.41, 5.74) is -0.909. The van der Waals surface area contributed by atoms with Crippen molar-refractivity contribution in [1.82, 2.24) is 0 Å². The summed E-state index contributed by atoms with van der Waals surface area (Å²) in [6.07, 6.45) is 0. The highest BCUT2D eigenvalue weighted by Gasteiger charge is 2.46. The third-order valence-electron chi connectivity index (χ3n) is 2.85. The van der Waals surface area contributed by atoms with Crippen LogP contribution in [0.5, 0.6) is 0 Å². The minimum absolute atomic E-state index is 0.361. The van der Waals surface area contributed by atoms with Gasteiger partial charge in [0, 0.05) is 0 Å². The van der Waals surface area contributed by atoms with E-state index in [0.29, 0.717) is 5.69 Å². The molecule has 0 aliphatic heterocycles. The van der Waals surface area contributed by atoms with Gasteiger partial charge in [-0.25, -0.2) is 9.86 Å². The molecule has 0 saturated heterocycles. The van der Waals surface area contributed by atoms with Gasteiger partial charge in [-0.05, 0) is 26.0 Å². The van der Waals surface area contributed by atoms with Crippen LogP contribution in [0.15, 0.2) is 30.3 Å². The molecule has 0 bridgehead atoms. The number of carbonyl (C=O) groups is 2. The summed E-state index contributed by atoms with van der Waals surface area (Å²) in [6.45, 7) is 2.80. The van der Waals surface area contributed by atoms with E-state index >= 15 is 0 Å². The summed E-state index contributed by atoms with van der Waals surface area (Å²) in [7, 11) is 2.64. The van der Waals surface area contributed by atoms with Crippen LogP contribution in [0, 0.1) is 0 Å². The molecule has 0 radical (unpaired) electrons. The number of para-hydroxylation sites is 1. The fourth-order valence-corrected chi connectivity index (χ4v) is 1.68. The zero-order valence-electron chi connectivity index (χ0n) is 11.0. The molecule has 0 saturated carbocycles. The van der Waals surface area contributed by atoms with E-state index in [0.717, 1.165) is 0 Å². The van der Waals surface area contributed by atoms with E-state index < -0.39 is 11.5 Å². The predicted molar refractivity (Wildman–Crippen MR) is 67.0 cm³/mol. The summed E-state index contributed by atoms with van der Waals surface area (Å²) in [6, 6.07) is 8.90. The number of hydroxylamine groups is 1. The Labute approximate surface area is 106 Å². The van der Waals surface area contributed by atoms with Crippen molar-refractivity contribution in [2.24, 2.45) is 0 Å². The second-order valence-electron chi connectivity index (χ2n) is 3.93. The van der Waals surface area contributed by atoms with E-state index in [1.165, 1.54) is 33.1 Å². The van der Waals surface area contributed by atoms with Crippen LogP contribution in [0.3, 0.4) is 0 Å². The summed E-state index contributed by atoms with van der Waals surface area (Å²) in [5.74, 6) is -1.03.